The monoisotopic (exact) mass is 349 g/mol. The summed E-state index contributed by atoms with van der Waals surface area (Å²) in [6.45, 7) is 11.1. The zero-order valence-electron chi connectivity index (χ0n) is 14.8. The van der Waals surface area contributed by atoms with Crippen LogP contribution in [0.4, 0.5) is 0 Å². The topological polar surface area (TPSA) is 60.1 Å². The first kappa shape index (κ1) is 18.3. The van der Waals surface area contributed by atoms with Gasteiger partial charge in [0.2, 0.25) is 5.91 Å². The SMILES string of the molecule is Cc1cc(CNC(=O)/C=C/c2c(C)nn(CC(C)C)c2Cl)c(C)o1. The molecule has 0 aliphatic heterocycles. The Morgan fingerprint density at radius 3 is 2.71 bits per heavy atom. The molecule has 1 N–H and O–H groups in total. The number of carbonyl (C=O) groups excluding carboxylic acids is 1. The molecule has 0 saturated heterocycles. The van der Waals surface area contributed by atoms with Gasteiger partial charge in [0.05, 0.1) is 5.69 Å². The fraction of sp³-hybridized carbons (Fsp3) is 0.444. The lowest BCUT2D eigenvalue weighted by molar-refractivity contribution is -0.116. The molecule has 130 valence electrons. The van der Waals surface area contributed by atoms with Crippen molar-refractivity contribution in [3.8, 4) is 0 Å². The van der Waals surface area contributed by atoms with Crippen LogP contribution >= 0.6 is 11.6 Å². The minimum atomic E-state index is -0.180. The molecule has 2 rings (SSSR count). The lowest BCUT2D eigenvalue weighted by Crippen LogP contribution is -2.20. The van der Waals surface area contributed by atoms with Gasteiger partial charge in [-0.1, -0.05) is 25.4 Å². The van der Waals surface area contributed by atoms with Gasteiger partial charge in [0.15, 0.2) is 0 Å². The molecule has 6 heteroatoms. The Bertz CT molecular complexity index is 757. The first-order chi connectivity index (χ1) is 11.3. The number of rotatable bonds is 6. The molecule has 0 fully saturated rings. The molecule has 2 aromatic rings. The Hall–Kier alpha value is -2.01. The number of amides is 1. The number of hydrogen-bond acceptors (Lipinski definition) is 3. The van der Waals surface area contributed by atoms with Crippen molar-refractivity contribution in [2.75, 3.05) is 0 Å². The van der Waals surface area contributed by atoms with Crippen LogP contribution in [0.3, 0.4) is 0 Å². The summed E-state index contributed by atoms with van der Waals surface area (Å²) in [6.07, 6.45) is 3.20. The summed E-state index contributed by atoms with van der Waals surface area (Å²) in [7, 11) is 0. The van der Waals surface area contributed by atoms with E-state index < -0.39 is 0 Å². The molecule has 0 unspecified atom stereocenters. The van der Waals surface area contributed by atoms with Crippen LogP contribution in [0.5, 0.6) is 0 Å². The summed E-state index contributed by atoms with van der Waals surface area (Å²) in [6, 6.07) is 1.93. The zero-order valence-corrected chi connectivity index (χ0v) is 15.6. The molecule has 5 nitrogen and oxygen atoms in total. The van der Waals surface area contributed by atoms with E-state index in [1.807, 2.05) is 26.8 Å². The maximum absolute atomic E-state index is 12.0. The van der Waals surface area contributed by atoms with Gasteiger partial charge < -0.3 is 9.73 Å². The van der Waals surface area contributed by atoms with Crippen LogP contribution in [-0.2, 0) is 17.9 Å². The highest BCUT2D eigenvalue weighted by Gasteiger charge is 2.12. The predicted octanol–water partition coefficient (Wildman–Crippen LogP) is 4.04. The predicted molar refractivity (Wildman–Crippen MR) is 95.9 cm³/mol. The number of aromatic nitrogens is 2. The van der Waals surface area contributed by atoms with Gasteiger partial charge in [-0.3, -0.25) is 9.48 Å². The van der Waals surface area contributed by atoms with Crippen molar-refractivity contribution in [2.45, 2.75) is 47.7 Å². The average molecular weight is 350 g/mol. The number of carbonyl (C=O) groups is 1. The Balaban J connectivity index is 2.01. The van der Waals surface area contributed by atoms with Crippen LogP contribution in [0, 0.1) is 26.7 Å². The van der Waals surface area contributed by atoms with E-state index in [1.165, 1.54) is 6.08 Å². The molecule has 0 saturated carbocycles. The highest BCUT2D eigenvalue weighted by Crippen LogP contribution is 2.22. The van der Waals surface area contributed by atoms with Gasteiger partial charge in [0.1, 0.15) is 16.7 Å². The third-order valence-electron chi connectivity index (χ3n) is 3.65. The molecular weight excluding hydrogens is 326 g/mol. The third-order valence-corrected chi connectivity index (χ3v) is 4.04. The number of nitrogens with zero attached hydrogens (tertiary/aromatic N) is 2. The number of furan rings is 1. The second kappa shape index (κ2) is 7.71. The Labute approximate surface area is 147 Å². The molecule has 0 aliphatic carbocycles. The van der Waals surface area contributed by atoms with E-state index in [0.29, 0.717) is 17.6 Å². The van der Waals surface area contributed by atoms with Crippen LogP contribution in [0.15, 0.2) is 16.6 Å². The number of halogens is 1. The van der Waals surface area contributed by atoms with Crippen molar-refractivity contribution < 1.29 is 9.21 Å². The molecule has 0 aromatic carbocycles. The highest BCUT2D eigenvalue weighted by atomic mass is 35.5. The van der Waals surface area contributed by atoms with Crippen molar-refractivity contribution in [2.24, 2.45) is 5.92 Å². The van der Waals surface area contributed by atoms with Crippen molar-refractivity contribution in [1.29, 1.82) is 0 Å². The zero-order chi connectivity index (χ0) is 17.9. The molecule has 0 aliphatic rings. The van der Waals surface area contributed by atoms with Gasteiger partial charge in [0, 0.05) is 30.3 Å². The molecule has 0 bridgehead atoms. The van der Waals surface area contributed by atoms with Crippen LogP contribution in [0.2, 0.25) is 5.15 Å². The Morgan fingerprint density at radius 2 is 2.12 bits per heavy atom. The largest absolute Gasteiger partial charge is 0.466 e. The summed E-state index contributed by atoms with van der Waals surface area (Å²) in [4.78, 5) is 12.0. The van der Waals surface area contributed by atoms with Crippen LogP contribution in [-0.4, -0.2) is 15.7 Å². The van der Waals surface area contributed by atoms with Crippen LogP contribution < -0.4 is 5.32 Å². The number of nitrogens with one attached hydrogen (secondary N) is 1. The molecule has 0 atom stereocenters. The summed E-state index contributed by atoms with van der Waals surface area (Å²) >= 11 is 6.36. The van der Waals surface area contributed by atoms with E-state index in [1.54, 1.807) is 10.8 Å². The van der Waals surface area contributed by atoms with E-state index in [-0.39, 0.29) is 5.91 Å². The van der Waals surface area contributed by atoms with Crippen molar-refractivity contribution in [3.63, 3.8) is 0 Å². The fourth-order valence-electron chi connectivity index (χ4n) is 2.48. The number of aryl methyl sites for hydroxylation is 3. The summed E-state index contributed by atoms with van der Waals surface area (Å²) < 4.78 is 7.22. The van der Waals surface area contributed by atoms with E-state index in [4.69, 9.17) is 16.0 Å². The average Bonchev–Trinajstić information content (AvgIpc) is 2.94. The van der Waals surface area contributed by atoms with Gasteiger partial charge in [-0.15, -0.1) is 0 Å². The van der Waals surface area contributed by atoms with Gasteiger partial charge >= 0.3 is 0 Å². The fourth-order valence-corrected chi connectivity index (χ4v) is 2.79. The molecule has 1 amide bonds. The smallest absolute Gasteiger partial charge is 0.244 e. The third kappa shape index (κ3) is 4.51. The van der Waals surface area contributed by atoms with Crippen LogP contribution in [0.1, 0.15) is 42.2 Å². The van der Waals surface area contributed by atoms with E-state index in [2.05, 4.69) is 24.3 Å². The number of hydrogen-bond donors (Lipinski definition) is 1. The maximum atomic E-state index is 12.0. The van der Waals surface area contributed by atoms with E-state index >= 15 is 0 Å². The molecule has 2 aromatic heterocycles. The van der Waals surface area contributed by atoms with E-state index in [9.17, 15) is 4.79 Å². The minimum Gasteiger partial charge on any atom is -0.466 e. The molecule has 24 heavy (non-hydrogen) atoms. The second-order valence-corrected chi connectivity index (χ2v) is 6.71. The maximum Gasteiger partial charge on any atom is 0.244 e. The van der Waals surface area contributed by atoms with Crippen LogP contribution in [0.25, 0.3) is 6.08 Å². The molecule has 0 radical (unpaired) electrons. The summed E-state index contributed by atoms with van der Waals surface area (Å²) in [5.74, 6) is 1.93. The van der Waals surface area contributed by atoms with Gasteiger partial charge in [0.25, 0.3) is 0 Å². The van der Waals surface area contributed by atoms with Crippen molar-refractivity contribution in [3.05, 3.63) is 45.6 Å². The Morgan fingerprint density at radius 1 is 1.42 bits per heavy atom. The van der Waals surface area contributed by atoms with Crippen molar-refractivity contribution in [1.82, 2.24) is 15.1 Å². The van der Waals surface area contributed by atoms with Gasteiger partial charge in [-0.05, 0) is 38.8 Å². The molecular formula is C18H24ClN3O2. The van der Waals surface area contributed by atoms with E-state index in [0.717, 1.165) is 34.9 Å². The quantitative estimate of drug-likeness (QED) is 0.800. The minimum absolute atomic E-state index is 0.180. The van der Waals surface area contributed by atoms with Crippen molar-refractivity contribution >= 4 is 23.6 Å². The van der Waals surface area contributed by atoms with Gasteiger partial charge in [-0.2, -0.15) is 5.10 Å². The highest BCUT2D eigenvalue weighted by molar-refractivity contribution is 6.31. The Kier molecular flexibility index (Phi) is 5.89. The summed E-state index contributed by atoms with van der Waals surface area (Å²) in [5.41, 5.74) is 2.57. The standard InChI is InChI=1S/C18H24ClN3O2/c1-11(2)10-22-18(19)16(13(4)21-22)6-7-17(23)20-9-15-8-12(3)24-14(15)5/h6-8,11H,9-10H2,1-5H3,(H,20,23)/b7-6+. The molecule has 2 heterocycles. The van der Waals surface area contributed by atoms with Gasteiger partial charge in [-0.25, -0.2) is 0 Å². The summed E-state index contributed by atoms with van der Waals surface area (Å²) in [5, 5.41) is 7.83. The first-order valence-corrected chi connectivity index (χ1v) is 8.40. The lowest BCUT2D eigenvalue weighted by atomic mass is 10.2. The second-order valence-electron chi connectivity index (χ2n) is 6.36. The first-order valence-electron chi connectivity index (χ1n) is 8.02. The molecule has 0 spiro atoms. The normalized spacial score (nSPS) is 11.6. The lowest BCUT2D eigenvalue weighted by Gasteiger charge is -2.05.